The van der Waals surface area contributed by atoms with Gasteiger partial charge < -0.3 is 9.64 Å². The van der Waals surface area contributed by atoms with Crippen molar-refractivity contribution >= 4 is 5.91 Å². The number of hydrogen-bond acceptors (Lipinski definition) is 4. The molecule has 3 heterocycles. The number of fused-ring (bicyclic) bond motifs is 1. The molecule has 0 N–H and O–H groups in total. The van der Waals surface area contributed by atoms with E-state index in [-0.39, 0.29) is 18.1 Å². The lowest BCUT2D eigenvalue weighted by Gasteiger charge is -2.36. The minimum Gasteiger partial charge on any atom is -0.373 e. The van der Waals surface area contributed by atoms with E-state index in [2.05, 4.69) is 16.0 Å². The highest BCUT2D eigenvalue weighted by Crippen LogP contribution is 2.25. The highest BCUT2D eigenvalue weighted by Gasteiger charge is 2.41. The van der Waals surface area contributed by atoms with Gasteiger partial charge in [0.25, 0.3) is 5.91 Å². The average Bonchev–Trinajstić information content (AvgIpc) is 3.08. The molecule has 0 spiro atoms. The van der Waals surface area contributed by atoms with Gasteiger partial charge in [-0.15, -0.1) is 0 Å². The molecular weight excluding hydrogens is 302 g/mol. The molecule has 124 valence electrons. The number of likely N-dealkylation sites (tertiary alicyclic amines) is 1. The number of nitrogens with zero attached hydrogens (tertiary/aromatic N) is 3. The number of pyridine rings is 1. The van der Waals surface area contributed by atoms with Crippen molar-refractivity contribution in [3.8, 4) is 0 Å². The zero-order chi connectivity index (χ0) is 16.4. The second-order valence-corrected chi connectivity index (χ2v) is 6.38. The topological polar surface area (TPSA) is 45.7 Å². The molecule has 5 heteroatoms. The van der Waals surface area contributed by atoms with Gasteiger partial charge in [0.15, 0.2) is 0 Å². The van der Waals surface area contributed by atoms with Crippen molar-refractivity contribution in [2.24, 2.45) is 0 Å². The Bertz CT molecular complexity index is 692. The fourth-order valence-electron chi connectivity index (χ4n) is 3.61. The van der Waals surface area contributed by atoms with E-state index >= 15 is 0 Å². The Balaban J connectivity index is 1.47. The number of amides is 1. The first-order valence-electron chi connectivity index (χ1n) is 8.40. The fourth-order valence-corrected chi connectivity index (χ4v) is 3.61. The van der Waals surface area contributed by atoms with Gasteiger partial charge in [-0.25, -0.2) is 0 Å². The summed E-state index contributed by atoms with van der Waals surface area (Å²) in [7, 11) is 0. The average molecular weight is 323 g/mol. The molecule has 0 aliphatic carbocycles. The molecule has 1 aromatic heterocycles. The van der Waals surface area contributed by atoms with Gasteiger partial charge in [0.05, 0.1) is 18.8 Å². The van der Waals surface area contributed by atoms with Gasteiger partial charge >= 0.3 is 0 Å². The van der Waals surface area contributed by atoms with Crippen LogP contribution in [0.2, 0.25) is 0 Å². The molecule has 0 radical (unpaired) electrons. The molecule has 2 aromatic rings. The first-order valence-corrected chi connectivity index (χ1v) is 8.40. The standard InChI is InChI=1S/C19H21N3O2/c23-19(16-6-2-1-3-7-16)22-13-17-18(14-22)24-10-9-21(17)12-15-5-4-8-20-11-15/h1-8,11,17-18H,9-10,12-14H2/t17-,18-/m0/s1. The summed E-state index contributed by atoms with van der Waals surface area (Å²) in [6, 6.07) is 13.8. The maximum Gasteiger partial charge on any atom is 0.253 e. The molecule has 1 amide bonds. The number of ether oxygens (including phenoxy) is 1. The number of rotatable bonds is 3. The van der Waals surface area contributed by atoms with Gasteiger partial charge in [0.2, 0.25) is 0 Å². The van der Waals surface area contributed by atoms with Crippen LogP contribution in [0.4, 0.5) is 0 Å². The van der Waals surface area contributed by atoms with Gasteiger partial charge in [-0.05, 0) is 23.8 Å². The third kappa shape index (κ3) is 3.05. The molecule has 4 rings (SSSR count). The van der Waals surface area contributed by atoms with Crippen LogP contribution >= 0.6 is 0 Å². The summed E-state index contributed by atoms with van der Waals surface area (Å²) in [5.41, 5.74) is 1.95. The van der Waals surface area contributed by atoms with Crippen LogP contribution in [-0.4, -0.2) is 59.1 Å². The smallest absolute Gasteiger partial charge is 0.253 e. The minimum absolute atomic E-state index is 0.0925. The van der Waals surface area contributed by atoms with Crippen LogP contribution in [0.1, 0.15) is 15.9 Å². The molecule has 2 aliphatic heterocycles. The van der Waals surface area contributed by atoms with Crippen LogP contribution in [0.15, 0.2) is 54.9 Å². The van der Waals surface area contributed by atoms with E-state index < -0.39 is 0 Å². The second-order valence-electron chi connectivity index (χ2n) is 6.38. The number of hydrogen-bond donors (Lipinski definition) is 0. The summed E-state index contributed by atoms with van der Waals surface area (Å²) in [5.74, 6) is 0.0925. The lowest BCUT2D eigenvalue weighted by Crippen LogP contribution is -2.50. The van der Waals surface area contributed by atoms with Crippen LogP contribution in [0.3, 0.4) is 0 Å². The van der Waals surface area contributed by atoms with Crippen LogP contribution in [0.25, 0.3) is 0 Å². The molecule has 2 atom stereocenters. The molecule has 0 saturated carbocycles. The Morgan fingerprint density at radius 1 is 1.17 bits per heavy atom. The summed E-state index contributed by atoms with van der Waals surface area (Å²) >= 11 is 0. The van der Waals surface area contributed by atoms with Crippen molar-refractivity contribution in [2.75, 3.05) is 26.2 Å². The maximum absolute atomic E-state index is 12.7. The van der Waals surface area contributed by atoms with Gasteiger partial charge in [-0.2, -0.15) is 0 Å². The number of morpholine rings is 1. The fraction of sp³-hybridized carbons (Fsp3) is 0.368. The summed E-state index contributed by atoms with van der Waals surface area (Å²) in [6.45, 7) is 3.85. The summed E-state index contributed by atoms with van der Waals surface area (Å²) < 4.78 is 5.93. The molecular formula is C19H21N3O2. The van der Waals surface area contributed by atoms with Gasteiger partial charge in [-0.1, -0.05) is 24.3 Å². The van der Waals surface area contributed by atoms with E-state index in [0.717, 1.165) is 31.8 Å². The van der Waals surface area contributed by atoms with Gasteiger partial charge in [-0.3, -0.25) is 14.7 Å². The Labute approximate surface area is 141 Å². The van der Waals surface area contributed by atoms with Crippen molar-refractivity contribution in [1.82, 2.24) is 14.8 Å². The van der Waals surface area contributed by atoms with Crippen LogP contribution in [0.5, 0.6) is 0 Å². The van der Waals surface area contributed by atoms with E-state index in [1.807, 2.05) is 47.5 Å². The Hall–Kier alpha value is -2.24. The minimum atomic E-state index is 0.0925. The van der Waals surface area contributed by atoms with E-state index in [1.165, 1.54) is 5.56 Å². The normalized spacial score (nSPS) is 23.9. The number of carbonyl (C=O) groups excluding carboxylic acids is 1. The highest BCUT2D eigenvalue weighted by molar-refractivity contribution is 5.94. The molecule has 0 unspecified atom stereocenters. The zero-order valence-corrected chi connectivity index (χ0v) is 13.5. The molecule has 2 aliphatic rings. The summed E-state index contributed by atoms with van der Waals surface area (Å²) in [5, 5.41) is 0. The molecule has 24 heavy (non-hydrogen) atoms. The van der Waals surface area contributed by atoms with Gasteiger partial charge in [0.1, 0.15) is 0 Å². The number of benzene rings is 1. The lowest BCUT2D eigenvalue weighted by atomic mass is 10.1. The van der Waals surface area contributed by atoms with E-state index in [9.17, 15) is 4.79 Å². The molecule has 0 bridgehead atoms. The van der Waals surface area contributed by atoms with Gasteiger partial charge in [0, 0.05) is 44.1 Å². The van der Waals surface area contributed by atoms with Crippen LogP contribution in [-0.2, 0) is 11.3 Å². The Kier molecular flexibility index (Phi) is 4.28. The van der Waals surface area contributed by atoms with Crippen LogP contribution in [0, 0.1) is 0 Å². The van der Waals surface area contributed by atoms with Crippen molar-refractivity contribution < 1.29 is 9.53 Å². The molecule has 1 aromatic carbocycles. The van der Waals surface area contributed by atoms with E-state index in [1.54, 1.807) is 6.20 Å². The SMILES string of the molecule is O=C(c1ccccc1)N1C[C@@H]2OCCN(Cc3cccnc3)[C@H]2C1. The van der Waals surface area contributed by atoms with Crippen molar-refractivity contribution in [2.45, 2.75) is 18.7 Å². The Morgan fingerprint density at radius 3 is 2.83 bits per heavy atom. The zero-order valence-electron chi connectivity index (χ0n) is 13.5. The number of carbonyl (C=O) groups is 1. The van der Waals surface area contributed by atoms with E-state index in [0.29, 0.717) is 6.54 Å². The third-order valence-electron chi connectivity index (χ3n) is 4.83. The largest absolute Gasteiger partial charge is 0.373 e. The molecule has 5 nitrogen and oxygen atoms in total. The number of aromatic nitrogens is 1. The quantitative estimate of drug-likeness (QED) is 0.864. The summed E-state index contributed by atoms with van der Waals surface area (Å²) in [6.07, 6.45) is 3.80. The predicted molar refractivity (Wildman–Crippen MR) is 90.5 cm³/mol. The first kappa shape index (κ1) is 15.3. The van der Waals surface area contributed by atoms with Crippen molar-refractivity contribution in [3.05, 3.63) is 66.0 Å². The molecule has 2 saturated heterocycles. The van der Waals surface area contributed by atoms with Crippen molar-refractivity contribution in [1.29, 1.82) is 0 Å². The summed E-state index contributed by atoms with van der Waals surface area (Å²) in [4.78, 5) is 21.2. The van der Waals surface area contributed by atoms with Crippen molar-refractivity contribution in [3.63, 3.8) is 0 Å². The Morgan fingerprint density at radius 2 is 2.04 bits per heavy atom. The third-order valence-corrected chi connectivity index (χ3v) is 4.83. The van der Waals surface area contributed by atoms with Crippen LogP contribution < -0.4 is 0 Å². The molecule has 2 fully saturated rings. The lowest BCUT2D eigenvalue weighted by molar-refractivity contribution is -0.0503. The maximum atomic E-state index is 12.7. The van der Waals surface area contributed by atoms with E-state index in [4.69, 9.17) is 4.74 Å². The highest BCUT2D eigenvalue weighted by atomic mass is 16.5. The first-order chi connectivity index (χ1) is 11.8. The predicted octanol–water partition coefficient (Wildman–Crippen LogP) is 1.81. The second kappa shape index (κ2) is 6.71. The monoisotopic (exact) mass is 323 g/mol.